The van der Waals surface area contributed by atoms with Crippen LogP contribution < -0.4 is 10.2 Å². The van der Waals surface area contributed by atoms with Gasteiger partial charge in [-0.15, -0.1) is 0 Å². The van der Waals surface area contributed by atoms with E-state index in [-0.39, 0.29) is 11.9 Å². The van der Waals surface area contributed by atoms with E-state index in [1.54, 1.807) is 0 Å². The Balaban J connectivity index is 1.49. The van der Waals surface area contributed by atoms with Crippen LogP contribution in [-0.4, -0.2) is 24.0 Å². The van der Waals surface area contributed by atoms with Crippen molar-refractivity contribution in [3.8, 4) is 0 Å². The molecule has 3 aromatic rings. The first kappa shape index (κ1) is 19.1. The summed E-state index contributed by atoms with van der Waals surface area (Å²) in [6.45, 7) is 4.30. The lowest BCUT2D eigenvalue weighted by atomic mass is 9.87. The molecule has 2 atom stereocenters. The van der Waals surface area contributed by atoms with Gasteiger partial charge in [-0.2, -0.15) is 0 Å². The number of hydrogen-bond acceptors (Lipinski definition) is 3. The van der Waals surface area contributed by atoms with E-state index in [0.29, 0.717) is 5.92 Å². The number of anilines is 1. The number of aromatic nitrogens is 1. The number of carbonyl (C=O) groups excluding carboxylic acids is 1. The van der Waals surface area contributed by atoms with Gasteiger partial charge in [0.15, 0.2) is 0 Å². The van der Waals surface area contributed by atoms with Gasteiger partial charge in [0.25, 0.3) is 5.91 Å². The highest BCUT2D eigenvalue weighted by Crippen LogP contribution is 2.31. The predicted octanol–water partition coefficient (Wildman–Crippen LogP) is 5.28. The molecule has 1 fully saturated rings. The lowest BCUT2D eigenvalue weighted by Crippen LogP contribution is -2.35. The minimum Gasteiger partial charge on any atom is -0.356 e. The van der Waals surface area contributed by atoms with Crippen molar-refractivity contribution in [1.29, 1.82) is 0 Å². The largest absolute Gasteiger partial charge is 0.356 e. The smallest absolute Gasteiger partial charge is 0.252 e. The number of nitrogens with one attached hydrogen (secondary N) is 1. The summed E-state index contributed by atoms with van der Waals surface area (Å²) in [5.41, 5.74) is 4.25. The van der Waals surface area contributed by atoms with Crippen LogP contribution in [0.2, 0.25) is 0 Å². The van der Waals surface area contributed by atoms with Crippen LogP contribution in [-0.2, 0) is 6.42 Å². The Morgan fingerprint density at radius 2 is 1.90 bits per heavy atom. The third-order valence-electron chi connectivity index (χ3n) is 6.60. The quantitative estimate of drug-likeness (QED) is 0.652. The van der Waals surface area contributed by atoms with Crippen LogP contribution in [0.5, 0.6) is 0 Å². The molecular formula is C26H29N3O. The van der Waals surface area contributed by atoms with Crippen molar-refractivity contribution in [2.24, 2.45) is 5.92 Å². The van der Waals surface area contributed by atoms with Gasteiger partial charge >= 0.3 is 0 Å². The molecule has 2 heterocycles. The van der Waals surface area contributed by atoms with E-state index in [0.717, 1.165) is 54.6 Å². The number of pyridine rings is 1. The minimum absolute atomic E-state index is 0.00149. The molecule has 1 saturated heterocycles. The zero-order valence-corrected chi connectivity index (χ0v) is 17.6. The van der Waals surface area contributed by atoms with E-state index in [1.807, 2.05) is 30.3 Å². The third-order valence-corrected chi connectivity index (χ3v) is 6.60. The van der Waals surface area contributed by atoms with Gasteiger partial charge < -0.3 is 10.2 Å². The summed E-state index contributed by atoms with van der Waals surface area (Å²) < 4.78 is 0. The number of nitrogens with zero attached hydrogens (tertiary/aromatic N) is 2. The van der Waals surface area contributed by atoms with Gasteiger partial charge in [0.1, 0.15) is 5.82 Å². The number of aryl methyl sites for hydroxylation is 1. The topological polar surface area (TPSA) is 45.2 Å². The van der Waals surface area contributed by atoms with Crippen LogP contribution in [0.4, 0.5) is 5.82 Å². The lowest BCUT2D eigenvalue weighted by Gasteiger charge is -2.32. The maximum absolute atomic E-state index is 13.5. The monoisotopic (exact) mass is 399 g/mol. The summed E-state index contributed by atoms with van der Waals surface area (Å²) in [5.74, 6) is 1.58. The van der Waals surface area contributed by atoms with Crippen LogP contribution in [0.25, 0.3) is 10.9 Å². The molecule has 1 N–H and O–H groups in total. The zero-order valence-electron chi connectivity index (χ0n) is 17.6. The number of piperidine rings is 1. The molecule has 154 valence electrons. The van der Waals surface area contributed by atoms with E-state index in [2.05, 4.69) is 41.4 Å². The van der Waals surface area contributed by atoms with Gasteiger partial charge in [0.2, 0.25) is 0 Å². The number of hydrogen-bond donors (Lipinski definition) is 1. The van der Waals surface area contributed by atoms with Crippen molar-refractivity contribution in [3.63, 3.8) is 0 Å². The molecule has 0 bridgehead atoms. The Kier molecular flexibility index (Phi) is 5.16. The summed E-state index contributed by atoms with van der Waals surface area (Å²) >= 11 is 0. The Bertz CT molecular complexity index is 1080. The highest BCUT2D eigenvalue weighted by Gasteiger charge is 2.24. The number of rotatable bonds is 3. The van der Waals surface area contributed by atoms with Crippen molar-refractivity contribution in [2.75, 3.05) is 18.0 Å². The summed E-state index contributed by atoms with van der Waals surface area (Å²) in [6.07, 6.45) is 5.63. The molecular weight excluding hydrogens is 370 g/mol. The molecule has 1 aromatic heterocycles. The summed E-state index contributed by atoms with van der Waals surface area (Å²) in [7, 11) is 0. The fourth-order valence-corrected chi connectivity index (χ4v) is 5.05. The van der Waals surface area contributed by atoms with E-state index in [1.165, 1.54) is 24.0 Å². The molecule has 5 rings (SSSR count). The van der Waals surface area contributed by atoms with Crippen molar-refractivity contribution in [3.05, 3.63) is 71.3 Å². The Labute approximate surface area is 178 Å². The SMILES string of the molecule is C[C@@H]1CCCN(c2cc(C(=O)N[C@H]3CCCc4ccccc43)c3ccccc3n2)C1. The molecule has 30 heavy (non-hydrogen) atoms. The average Bonchev–Trinajstić information content (AvgIpc) is 2.78. The Hall–Kier alpha value is -2.88. The summed E-state index contributed by atoms with van der Waals surface area (Å²) in [5, 5.41) is 4.26. The zero-order chi connectivity index (χ0) is 20.5. The van der Waals surface area contributed by atoms with Gasteiger partial charge in [0.05, 0.1) is 17.1 Å². The van der Waals surface area contributed by atoms with E-state index in [9.17, 15) is 4.79 Å². The van der Waals surface area contributed by atoms with Gasteiger partial charge in [-0.05, 0) is 61.3 Å². The number of para-hydroxylation sites is 1. The number of fused-ring (bicyclic) bond motifs is 2. The van der Waals surface area contributed by atoms with Crippen molar-refractivity contribution >= 4 is 22.6 Å². The first-order valence-corrected chi connectivity index (χ1v) is 11.2. The maximum atomic E-state index is 13.5. The first-order chi connectivity index (χ1) is 14.7. The minimum atomic E-state index is 0.00149. The maximum Gasteiger partial charge on any atom is 0.252 e. The molecule has 1 aliphatic heterocycles. The molecule has 2 aliphatic rings. The predicted molar refractivity (Wildman–Crippen MR) is 122 cm³/mol. The molecule has 0 spiro atoms. The van der Waals surface area contributed by atoms with Gasteiger partial charge in [-0.3, -0.25) is 4.79 Å². The van der Waals surface area contributed by atoms with Crippen LogP contribution in [0, 0.1) is 5.92 Å². The molecule has 4 heteroatoms. The Morgan fingerprint density at radius 1 is 1.07 bits per heavy atom. The van der Waals surface area contributed by atoms with Crippen LogP contribution in [0.15, 0.2) is 54.6 Å². The molecule has 0 saturated carbocycles. The highest BCUT2D eigenvalue weighted by atomic mass is 16.1. The summed E-state index contributed by atoms with van der Waals surface area (Å²) in [6, 6.07) is 18.6. The number of amides is 1. The second-order valence-corrected chi connectivity index (χ2v) is 8.86. The molecule has 2 aromatic carbocycles. The standard InChI is InChI=1S/C26H29N3O/c1-18-8-7-15-29(17-18)25-16-22(21-12-4-5-13-24(21)27-25)26(30)28-23-14-6-10-19-9-2-3-11-20(19)23/h2-5,9,11-13,16,18,23H,6-8,10,14-15,17H2,1H3,(H,28,30)/t18-,23+/m1/s1. The van der Waals surface area contributed by atoms with Crippen molar-refractivity contribution in [1.82, 2.24) is 10.3 Å². The van der Waals surface area contributed by atoms with Crippen LogP contribution in [0.3, 0.4) is 0 Å². The van der Waals surface area contributed by atoms with Gasteiger partial charge in [-0.1, -0.05) is 49.4 Å². The van der Waals surface area contributed by atoms with Crippen molar-refractivity contribution < 1.29 is 4.79 Å². The second kappa shape index (κ2) is 8.10. The van der Waals surface area contributed by atoms with Crippen molar-refractivity contribution in [2.45, 2.75) is 45.1 Å². The van der Waals surface area contributed by atoms with Gasteiger partial charge in [-0.25, -0.2) is 4.98 Å². The van der Waals surface area contributed by atoms with Crippen LogP contribution in [0.1, 0.15) is 60.1 Å². The van der Waals surface area contributed by atoms with Crippen LogP contribution >= 0.6 is 0 Å². The molecule has 1 aliphatic carbocycles. The highest BCUT2D eigenvalue weighted by molar-refractivity contribution is 6.07. The second-order valence-electron chi connectivity index (χ2n) is 8.86. The fraction of sp³-hybridized carbons (Fsp3) is 0.385. The molecule has 4 nitrogen and oxygen atoms in total. The first-order valence-electron chi connectivity index (χ1n) is 11.2. The molecule has 0 radical (unpaired) electrons. The fourth-order valence-electron chi connectivity index (χ4n) is 5.05. The number of benzene rings is 2. The summed E-state index contributed by atoms with van der Waals surface area (Å²) in [4.78, 5) is 20.7. The third kappa shape index (κ3) is 3.67. The van der Waals surface area contributed by atoms with E-state index >= 15 is 0 Å². The number of carbonyl (C=O) groups is 1. The van der Waals surface area contributed by atoms with E-state index < -0.39 is 0 Å². The normalized spacial score (nSPS) is 21.3. The molecule has 0 unspecified atom stereocenters. The Morgan fingerprint density at radius 3 is 2.80 bits per heavy atom. The van der Waals surface area contributed by atoms with E-state index in [4.69, 9.17) is 4.98 Å². The average molecular weight is 400 g/mol. The van der Waals surface area contributed by atoms with Gasteiger partial charge in [0, 0.05) is 18.5 Å². The lowest BCUT2D eigenvalue weighted by molar-refractivity contribution is 0.0934. The molecule has 1 amide bonds.